The molecule has 0 saturated carbocycles. The summed E-state index contributed by atoms with van der Waals surface area (Å²) in [4.78, 5) is 12.1. The van der Waals surface area contributed by atoms with Crippen molar-refractivity contribution >= 4 is 11.6 Å². The summed E-state index contributed by atoms with van der Waals surface area (Å²) in [5.41, 5.74) is -0.492. The Morgan fingerprint density at radius 3 is 2.30 bits per heavy atom. The number of nitrogens with zero attached hydrogens (tertiary/aromatic N) is 2. The summed E-state index contributed by atoms with van der Waals surface area (Å²) < 4.78 is 40.3. The van der Waals surface area contributed by atoms with Gasteiger partial charge in [0, 0.05) is 30.3 Å². The van der Waals surface area contributed by atoms with Crippen molar-refractivity contribution in [3.05, 3.63) is 63.4 Å². The molecule has 0 saturated heterocycles. The molecule has 0 spiro atoms. The van der Waals surface area contributed by atoms with Gasteiger partial charge in [-0.3, -0.25) is 4.79 Å². The van der Waals surface area contributed by atoms with Gasteiger partial charge in [-0.2, -0.15) is 5.10 Å². The summed E-state index contributed by atoms with van der Waals surface area (Å²) in [6, 6.07) is 7.69. The van der Waals surface area contributed by atoms with E-state index in [0.717, 1.165) is 22.9 Å². The van der Waals surface area contributed by atoms with Crippen LogP contribution in [0, 0.1) is 11.6 Å². The second-order valence-corrected chi connectivity index (χ2v) is 6.03. The first-order chi connectivity index (χ1) is 12.9. The van der Waals surface area contributed by atoms with Crippen molar-refractivity contribution in [2.75, 3.05) is 14.2 Å². The van der Waals surface area contributed by atoms with Crippen LogP contribution in [-0.2, 0) is 7.05 Å². The number of aryl methyl sites for hydroxylation is 1. The van der Waals surface area contributed by atoms with E-state index < -0.39 is 17.2 Å². The maximum absolute atomic E-state index is 14.4. The van der Waals surface area contributed by atoms with Crippen LogP contribution in [0.3, 0.4) is 0 Å². The highest BCUT2D eigenvalue weighted by atomic mass is 35.5. The van der Waals surface area contributed by atoms with Crippen molar-refractivity contribution in [1.82, 2.24) is 9.78 Å². The van der Waals surface area contributed by atoms with Crippen LogP contribution in [0.25, 0.3) is 22.4 Å². The number of benzene rings is 2. The van der Waals surface area contributed by atoms with E-state index in [4.69, 9.17) is 21.1 Å². The van der Waals surface area contributed by atoms with Crippen LogP contribution in [0.1, 0.15) is 0 Å². The van der Waals surface area contributed by atoms with E-state index in [1.165, 1.54) is 27.3 Å². The zero-order valence-corrected chi connectivity index (χ0v) is 15.5. The monoisotopic (exact) mass is 392 g/mol. The zero-order valence-electron chi connectivity index (χ0n) is 14.7. The van der Waals surface area contributed by atoms with Crippen molar-refractivity contribution < 1.29 is 18.3 Å². The largest absolute Gasteiger partial charge is 0.497 e. The highest BCUT2D eigenvalue weighted by Gasteiger charge is 2.22. The van der Waals surface area contributed by atoms with Crippen LogP contribution in [-0.4, -0.2) is 24.0 Å². The Morgan fingerprint density at radius 2 is 1.70 bits per heavy atom. The van der Waals surface area contributed by atoms with Gasteiger partial charge in [0.25, 0.3) is 5.56 Å². The predicted octanol–water partition coefficient (Wildman–Crippen LogP) is 4.06. The van der Waals surface area contributed by atoms with E-state index >= 15 is 0 Å². The van der Waals surface area contributed by atoms with Crippen molar-refractivity contribution in [3.8, 4) is 33.9 Å². The summed E-state index contributed by atoms with van der Waals surface area (Å²) >= 11 is 6.41. The highest BCUT2D eigenvalue weighted by Crippen LogP contribution is 2.42. The molecular formula is C19H15ClF2N2O3. The fraction of sp³-hybridized carbons (Fsp3) is 0.158. The SMILES string of the molecule is COc1cc(OC)c(Cl)c(-c2nn(C)c(=O)cc2-c2c(F)cccc2F)c1. The van der Waals surface area contributed by atoms with E-state index in [1.807, 2.05) is 0 Å². The number of ether oxygens (including phenoxy) is 2. The summed E-state index contributed by atoms with van der Waals surface area (Å²) in [6.45, 7) is 0. The Labute approximate surface area is 158 Å². The summed E-state index contributed by atoms with van der Waals surface area (Å²) in [6.07, 6.45) is 0. The second kappa shape index (κ2) is 7.36. The van der Waals surface area contributed by atoms with Gasteiger partial charge >= 0.3 is 0 Å². The standard InChI is InChI=1S/C19H15ClF2N2O3/c1-24-16(25)9-11(17-13(21)5-4-6-14(17)22)19(23-24)12-7-10(26-2)8-15(27-3)18(12)20/h4-9H,1-3H3. The smallest absolute Gasteiger partial charge is 0.267 e. The van der Waals surface area contributed by atoms with Gasteiger partial charge < -0.3 is 9.47 Å². The predicted molar refractivity (Wildman–Crippen MR) is 98.4 cm³/mol. The molecule has 0 aliphatic heterocycles. The molecule has 1 aromatic heterocycles. The third-order valence-corrected chi connectivity index (χ3v) is 4.44. The summed E-state index contributed by atoms with van der Waals surface area (Å²) in [5.74, 6) is -0.946. The van der Waals surface area contributed by atoms with Gasteiger partial charge in [-0.25, -0.2) is 13.5 Å². The molecule has 0 fully saturated rings. The molecule has 0 unspecified atom stereocenters. The molecule has 3 aromatic rings. The number of halogens is 3. The first kappa shape index (κ1) is 18.8. The minimum absolute atomic E-state index is 0.0223. The van der Waals surface area contributed by atoms with Crippen LogP contribution < -0.4 is 15.0 Å². The molecule has 0 N–H and O–H groups in total. The third-order valence-electron chi connectivity index (χ3n) is 4.05. The molecule has 140 valence electrons. The Bertz CT molecular complexity index is 1060. The van der Waals surface area contributed by atoms with Gasteiger partial charge in [0.15, 0.2) is 0 Å². The molecule has 0 atom stereocenters. The molecule has 5 nitrogen and oxygen atoms in total. The Morgan fingerprint density at radius 1 is 1.04 bits per heavy atom. The molecule has 3 rings (SSSR count). The van der Waals surface area contributed by atoms with Gasteiger partial charge in [0.05, 0.1) is 24.8 Å². The lowest BCUT2D eigenvalue weighted by Gasteiger charge is -2.15. The van der Waals surface area contributed by atoms with Crippen LogP contribution in [0.2, 0.25) is 5.02 Å². The minimum atomic E-state index is -0.822. The molecule has 0 aliphatic rings. The molecule has 1 heterocycles. The molecule has 0 aliphatic carbocycles. The fourth-order valence-corrected chi connectivity index (χ4v) is 2.97. The average molecular weight is 393 g/mol. The van der Waals surface area contributed by atoms with Crippen LogP contribution in [0.5, 0.6) is 11.5 Å². The molecule has 0 radical (unpaired) electrons. The Kier molecular flexibility index (Phi) is 5.14. The fourth-order valence-electron chi connectivity index (χ4n) is 2.69. The molecule has 2 aromatic carbocycles. The number of methoxy groups -OCH3 is 2. The number of hydrogen-bond donors (Lipinski definition) is 0. The quantitative estimate of drug-likeness (QED) is 0.671. The maximum atomic E-state index is 14.4. The zero-order chi connectivity index (χ0) is 19.7. The summed E-state index contributed by atoms with van der Waals surface area (Å²) in [7, 11) is 4.31. The number of rotatable bonds is 4. The molecule has 27 heavy (non-hydrogen) atoms. The van der Waals surface area contributed by atoms with Crippen molar-refractivity contribution in [2.24, 2.45) is 7.05 Å². The van der Waals surface area contributed by atoms with E-state index in [2.05, 4.69) is 5.10 Å². The lowest BCUT2D eigenvalue weighted by molar-refractivity contribution is 0.395. The maximum Gasteiger partial charge on any atom is 0.267 e. The van der Waals surface area contributed by atoms with E-state index in [-0.39, 0.29) is 21.8 Å². The van der Waals surface area contributed by atoms with Crippen molar-refractivity contribution in [3.63, 3.8) is 0 Å². The highest BCUT2D eigenvalue weighted by molar-refractivity contribution is 6.35. The van der Waals surface area contributed by atoms with Crippen LogP contribution in [0.4, 0.5) is 8.78 Å². The van der Waals surface area contributed by atoms with Gasteiger partial charge in [0.1, 0.15) is 28.8 Å². The van der Waals surface area contributed by atoms with Crippen LogP contribution in [0.15, 0.2) is 41.2 Å². The van der Waals surface area contributed by atoms with E-state index in [9.17, 15) is 13.6 Å². The number of hydrogen-bond acceptors (Lipinski definition) is 4. The van der Waals surface area contributed by atoms with E-state index in [0.29, 0.717) is 17.1 Å². The van der Waals surface area contributed by atoms with E-state index in [1.54, 1.807) is 12.1 Å². The molecule has 0 bridgehead atoms. The molecule has 8 heteroatoms. The second-order valence-electron chi connectivity index (χ2n) is 5.66. The third kappa shape index (κ3) is 3.38. The molecule has 0 amide bonds. The Hall–Kier alpha value is -2.93. The van der Waals surface area contributed by atoms with Gasteiger partial charge in [-0.1, -0.05) is 17.7 Å². The van der Waals surface area contributed by atoms with Gasteiger partial charge in [-0.15, -0.1) is 0 Å². The van der Waals surface area contributed by atoms with Crippen molar-refractivity contribution in [1.29, 1.82) is 0 Å². The average Bonchev–Trinajstić information content (AvgIpc) is 2.64. The lowest BCUT2D eigenvalue weighted by Crippen LogP contribution is -2.20. The first-order valence-corrected chi connectivity index (χ1v) is 8.19. The minimum Gasteiger partial charge on any atom is -0.497 e. The van der Waals surface area contributed by atoms with Crippen molar-refractivity contribution in [2.45, 2.75) is 0 Å². The lowest BCUT2D eigenvalue weighted by atomic mass is 9.98. The summed E-state index contributed by atoms with van der Waals surface area (Å²) in [5, 5.41) is 4.36. The van der Waals surface area contributed by atoms with Gasteiger partial charge in [-0.05, 0) is 18.2 Å². The molecular weight excluding hydrogens is 378 g/mol. The van der Waals surface area contributed by atoms with Gasteiger partial charge in [0.2, 0.25) is 0 Å². The first-order valence-electron chi connectivity index (χ1n) is 7.82. The topological polar surface area (TPSA) is 53.4 Å². The Balaban J connectivity index is 2.42. The normalized spacial score (nSPS) is 10.7. The van der Waals surface area contributed by atoms with Crippen LogP contribution >= 0.6 is 11.6 Å². The number of aromatic nitrogens is 2.